The lowest BCUT2D eigenvalue weighted by Crippen LogP contribution is -2.48. The van der Waals surface area contributed by atoms with E-state index in [2.05, 4.69) is 22.8 Å². The quantitative estimate of drug-likeness (QED) is 0.547. The van der Waals surface area contributed by atoms with Gasteiger partial charge in [0.25, 0.3) is 5.91 Å². The van der Waals surface area contributed by atoms with Crippen molar-refractivity contribution < 1.29 is 14.4 Å². The van der Waals surface area contributed by atoms with Crippen LogP contribution < -0.4 is 16.4 Å². The van der Waals surface area contributed by atoms with Crippen molar-refractivity contribution in [3.8, 4) is 0 Å². The van der Waals surface area contributed by atoms with Crippen molar-refractivity contribution in [3.63, 3.8) is 0 Å². The summed E-state index contributed by atoms with van der Waals surface area (Å²) in [6, 6.07) is 13.3. The van der Waals surface area contributed by atoms with Gasteiger partial charge in [-0.3, -0.25) is 14.4 Å². The van der Waals surface area contributed by atoms with E-state index in [0.717, 1.165) is 17.8 Å². The van der Waals surface area contributed by atoms with Gasteiger partial charge >= 0.3 is 0 Å². The molecule has 178 valence electrons. The van der Waals surface area contributed by atoms with Gasteiger partial charge in [-0.05, 0) is 104 Å². The Kier molecular flexibility index (Phi) is 6.11. The second kappa shape index (κ2) is 9.06. The molecule has 4 aliphatic rings. The van der Waals surface area contributed by atoms with E-state index in [4.69, 9.17) is 17.3 Å². The van der Waals surface area contributed by atoms with Crippen LogP contribution in [0.25, 0.3) is 0 Å². The Labute approximate surface area is 204 Å². The minimum absolute atomic E-state index is 0.290. The Balaban J connectivity index is 1.26. The lowest BCUT2D eigenvalue weighted by atomic mass is 9.48. The normalized spacial score (nSPS) is 27.7. The van der Waals surface area contributed by atoms with Crippen LogP contribution in [0.2, 0.25) is 5.02 Å². The Morgan fingerprint density at radius 1 is 0.912 bits per heavy atom. The van der Waals surface area contributed by atoms with Gasteiger partial charge in [-0.25, -0.2) is 0 Å². The fourth-order valence-corrected chi connectivity index (χ4v) is 6.98. The van der Waals surface area contributed by atoms with E-state index in [1.807, 2.05) is 12.1 Å². The zero-order valence-electron chi connectivity index (χ0n) is 19.1. The van der Waals surface area contributed by atoms with E-state index < -0.39 is 23.8 Å². The SMILES string of the molecule is NC(=O)C[C@H](NC(=O)c1ccc(Cl)cc1)C(=O)Nc1ccc(C23CC4CC(CC(C4)C2)C3)cc1. The van der Waals surface area contributed by atoms with Crippen LogP contribution in [-0.4, -0.2) is 23.8 Å². The van der Waals surface area contributed by atoms with Gasteiger partial charge < -0.3 is 16.4 Å². The first-order chi connectivity index (χ1) is 16.3. The molecule has 4 saturated carbocycles. The highest BCUT2D eigenvalue weighted by Crippen LogP contribution is 2.60. The number of benzene rings is 2. The molecule has 0 aromatic heterocycles. The standard InChI is InChI=1S/C27H30ClN3O3/c28-21-5-1-19(2-6-21)25(33)31-23(12-24(29)32)26(34)30-22-7-3-20(4-8-22)27-13-16-9-17(14-27)11-18(10-16)15-27/h1-8,16-18,23H,9-15H2,(H2,29,32)(H,30,34)(H,31,33)/t16?,17?,18?,23-,27?/m0/s1. The Bertz CT molecular complexity index is 1060. The van der Waals surface area contributed by atoms with E-state index in [1.165, 1.54) is 44.1 Å². The topological polar surface area (TPSA) is 101 Å². The van der Waals surface area contributed by atoms with E-state index in [0.29, 0.717) is 21.7 Å². The molecule has 0 saturated heterocycles. The molecule has 1 atom stereocenters. The fraction of sp³-hybridized carbons (Fsp3) is 0.444. The number of nitrogens with two attached hydrogens (primary N) is 1. The average molecular weight is 480 g/mol. The van der Waals surface area contributed by atoms with E-state index >= 15 is 0 Å². The smallest absolute Gasteiger partial charge is 0.251 e. The molecule has 0 spiro atoms. The first-order valence-corrected chi connectivity index (χ1v) is 12.4. The fourth-order valence-electron chi connectivity index (χ4n) is 6.85. The predicted molar refractivity (Wildman–Crippen MR) is 131 cm³/mol. The molecule has 34 heavy (non-hydrogen) atoms. The van der Waals surface area contributed by atoms with Crippen LogP contribution in [0.15, 0.2) is 48.5 Å². The zero-order chi connectivity index (χ0) is 23.9. The third kappa shape index (κ3) is 4.69. The molecular weight excluding hydrogens is 450 g/mol. The minimum atomic E-state index is -1.08. The molecule has 4 N–H and O–H groups in total. The van der Waals surface area contributed by atoms with Gasteiger partial charge in [0.2, 0.25) is 11.8 Å². The molecule has 2 aromatic carbocycles. The Morgan fingerprint density at radius 2 is 1.47 bits per heavy atom. The monoisotopic (exact) mass is 479 g/mol. The molecule has 7 heteroatoms. The largest absolute Gasteiger partial charge is 0.370 e. The summed E-state index contributed by atoms with van der Waals surface area (Å²) in [6.45, 7) is 0. The molecule has 6 rings (SSSR count). The van der Waals surface area contributed by atoms with Crippen molar-refractivity contribution in [2.45, 2.75) is 56.4 Å². The molecule has 0 heterocycles. The summed E-state index contributed by atoms with van der Waals surface area (Å²) >= 11 is 5.87. The molecule has 4 aliphatic carbocycles. The lowest BCUT2D eigenvalue weighted by Gasteiger charge is -2.57. The van der Waals surface area contributed by atoms with Crippen LogP contribution in [0, 0.1) is 17.8 Å². The summed E-state index contributed by atoms with van der Waals surface area (Å²) < 4.78 is 0. The summed E-state index contributed by atoms with van der Waals surface area (Å²) in [5.74, 6) is 0.964. The number of carbonyl (C=O) groups excluding carboxylic acids is 3. The number of anilines is 1. The highest BCUT2D eigenvalue weighted by Gasteiger charge is 2.51. The van der Waals surface area contributed by atoms with Crippen molar-refractivity contribution in [3.05, 3.63) is 64.7 Å². The third-order valence-electron chi connectivity index (χ3n) is 7.94. The maximum absolute atomic E-state index is 12.9. The predicted octanol–water partition coefficient (Wildman–Crippen LogP) is 4.42. The van der Waals surface area contributed by atoms with Crippen LogP contribution in [0.4, 0.5) is 5.69 Å². The third-order valence-corrected chi connectivity index (χ3v) is 8.19. The highest BCUT2D eigenvalue weighted by molar-refractivity contribution is 6.30. The van der Waals surface area contributed by atoms with E-state index in [1.54, 1.807) is 24.3 Å². The first-order valence-electron chi connectivity index (χ1n) is 12.1. The minimum Gasteiger partial charge on any atom is -0.370 e. The summed E-state index contributed by atoms with van der Waals surface area (Å²) in [4.78, 5) is 37.0. The molecule has 0 aliphatic heterocycles. The van der Waals surface area contributed by atoms with Crippen molar-refractivity contribution in [1.82, 2.24) is 5.32 Å². The summed E-state index contributed by atoms with van der Waals surface area (Å²) in [5.41, 5.74) is 7.97. The van der Waals surface area contributed by atoms with Crippen LogP contribution in [0.1, 0.15) is 60.9 Å². The van der Waals surface area contributed by atoms with Gasteiger partial charge in [0, 0.05) is 16.3 Å². The summed E-state index contributed by atoms with van der Waals surface area (Å²) in [6.07, 6.45) is 7.74. The molecular formula is C27H30ClN3O3. The van der Waals surface area contributed by atoms with Crippen LogP contribution >= 0.6 is 11.6 Å². The number of nitrogens with one attached hydrogen (secondary N) is 2. The van der Waals surface area contributed by atoms with Crippen LogP contribution in [0.5, 0.6) is 0 Å². The number of hydrogen-bond acceptors (Lipinski definition) is 3. The molecule has 2 aromatic rings. The van der Waals surface area contributed by atoms with Gasteiger partial charge in [0.05, 0.1) is 6.42 Å². The maximum atomic E-state index is 12.9. The van der Waals surface area contributed by atoms with Gasteiger partial charge in [0.15, 0.2) is 0 Å². The Morgan fingerprint density at radius 3 is 2.00 bits per heavy atom. The summed E-state index contributed by atoms with van der Waals surface area (Å²) in [7, 11) is 0. The number of hydrogen-bond donors (Lipinski definition) is 3. The van der Waals surface area contributed by atoms with Gasteiger partial charge in [0.1, 0.15) is 6.04 Å². The second-order valence-corrected chi connectivity index (χ2v) is 10.9. The molecule has 4 bridgehead atoms. The van der Waals surface area contributed by atoms with E-state index in [-0.39, 0.29) is 6.42 Å². The molecule has 6 nitrogen and oxygen atoms in total. The lowest BCUT2D eigenvalue weighted by molar-refractivity contribution is -0.123. The van der Waals surface area contributed by atoms with Crippen molar-refractivity contribution in [1.29, 1.82) is 0 Å². The molecule has 4 fully saturated rings. The molecule has 0 radical (unpaired) electrons. The van der Waals surface area contributed by atoms with Crippen LogP contribution in [-0.2, 0) is 15.0 Å². The number of primary amides is 1. The van der Waals surface area contributed by atoms with Crippen molar-refractivity contribution in [2.24, 2.45) is 23.5 Å². The first kappa shape index (κ1) is 22.9. The maximum Gasteiger partial charge on any atom is 0.251 e. The van der Waals surface area contributed by atoms with Crippen molar-refractivity contribution >= 4 is 35.0 Å². The number of amides is 3. The zero-order valence-corrected chi connectivity index (χ0v) is 19.8. The number of halogens is 1. The van der Waals surface area contributed by atoms with E-state index in [9.17, 15) is 14.4 Å². The average Bonchev–Trinajstić information content (AvgIpc) is 2.78. The van der Waals surface area contributed by atoms with Gasteiger partial charge in [-0.15, -0.1) is 0 Å². The van der Waals surface area contributed by atoms with Gasteiger partial charge in [-0.1, -0.05) is 23.7 Å². The number of carbonyl (C=O) groups is 3. The van der Waals surface area contributed by atoms with Gasteiger partial charge in [-0.2, -0.15) is 0 Å². The molecule has 3 amide bonds. The number of rotatable bonds is 7. The molecule has 0 unspecified atom stereocenters. The second-order valence-electron chi connectivity index (χ2n) is 10.5. The summed E-state index contributed by atoms with van der Waals surface area (Å²) in [5, 5.41) is 5.94. The Hall–Kier alpha value is -2.86. The van der Waals surface area contributed by atoms with Crippen molar-refractivity contribution in [2.75, 3.05) is 5.32 Å². The van der Waals surface area contributed by atoms with Crippen LogP contribution in [0.3, 0.4) is 0 Å². The highest BCUT2D eigenvalue weighted by atomic mass is 35.5.